The standard InChI is InChI=1S/C17H33NO3/c1-13(12-19)9-15(20)16-11-18(17(2,3)21-16)10-14-7-5-4-6-8-14/h13-16,19-20H,4-12H2,1-3H3. The van der Waals surface area contributed by atoms with E-state index in [1.165, 1.54) is 32.1 Å². The number of rotatable bonds is 6. The Morgan fingerprint density at radius 1 is 1.24 bits per heavy atom. The number of nitrogens with zero attached hydrogens (tertiary/aromatic N) is 1. The van der Waals surface area contributed by atoms with Crippen molar-refractivity contribution in [2.24, 2.45) is 11.8 Å². The van der Waals surface area contributed by atoms with Crippen molar-refractivity contribution >= 4 is 0 Å². The summed E-state index contributed by atoms with van der Waals surface area (Å²) in [6, 6.07) is 0. The number of hydrogen-bond donors (Lipinski definition) is 2. The van der Waals surface area contributed by atoms with Gasteiger partial charge >= 0.3 is 0 Å². The molecular formula is C17H33NO3. The van der Waals surface area contributed by atoms with Gasteiger partial charge in [0.25, 0.3) is 0 Å². The van der Waals surface area contributed by atoms with Crippen LogP contribution >= 0.6 is 0 Å². The van der Waals surface area contributed by atoms with E-state index in [-0.39, 0.29) is 24.4 Å². The summed E-state index contributed by atoms with van der Waals surface area (Å²) in [6.45, 7) is 8.20. The lowest BCUT2D eigenvalue weighted by Crippen LogP contribution is -2.42. The lowest BCUT2D eigenvalue weighted by Gasteiger charge is -2.34. The van der Waals surface area contributed by atoms with Gasteiger partial charge in [0.05, 0.1) is 12.2 Å². The molecule has 2 fully saturated rings. The minimum Gasteiger partial charge on any atom is -0.396 e. The Kier molecular flexibility index (Phi) is 6.06. The third-order valence-electron chi connectivity index (χ3n) is 5.19. The van der Waals surface area contributed by atoms with E-state index >= 15 is 0 Å². The largest absolute Gasteiger partial charge is 0.396 e. The normalized spacial score (nSPS) is 30.4. The lowest BCUT2D eigenvalue weighted by molar-refractivity contribution is -0.110. The fraction of sp³-hybridized carbons (Fsp3) is 1.00. The van der Waals surface area contributed by atoms with E-state index < -0.39 is 6.10 Å². The molecule has 1 aliphatic carbocycles. The van der Waals surface area contributed by atoms with E-state index in [9.17, 15) is 5.11 Å². The van der Waals surface area contributed by atoms with Crippen molar-refractivity contribution < 1.29 is 14.9 Å². The third-order valence-corrected chi connectivity index (χ3v) is 5.19. The maximum Gasteiger partial charge on any atom is 0.116 e. The maximum atomic E-state index is 10.3. The van der Waals surface area contributed by atoms with Gasteiger partial charge in [-0.25, -0.2) is 0 Å². The summed E-state index contributed by atoms with van der Waals surface area (Å²) in [6.07, 6.45) is 6.77. The van der Waals surface area contributed by atoms with Gasteiger partial charge in [-0.1, -0.05) is 26.2 Å². The summed E-state index contributed by atoms with van der Waals surface area (Å²) in [4.78, 5) is 2.40. The summed E-state index contributed by atoms with van der Waals surface area (Å²) >= 11 is 0. The fourth-order valence-corrected chi connectivity index (χ4v) is 3.73. The molecular weight excluding hydrogens is 266 g/mol. The van der Waals surface area contributed by atoms with Crippen LogP contribution in [0, 0.1) is 11.8 Å². The lowest BCUT2D eigenvalue weighted by atomic mass is 9.88. The maximum absolute atomic E-state index is 10.3. The molecule has 4 heteroatoms. The molecule has 1 aliphatic heterocycles. The molecule has 3 atom stereocenters. The van der Waals surface area contributed by atoms with Crippen LogP contribution in [0.4, 0.5) is 0 Å². The van der Waals surface area contributed by atoms with Crippen molar-refractivity contribution in [3.05, 3.63) is 0 Å². The molecule has 1 saturated heterocycles. The summed E-state index contributed by atoms with van der Waals surface area (Å²) < 4.78 is 6.10. The average molecular weight is 299 g/mol. The second-order valence-corrected chi connectivity index (χ2v) is 7.60. The van der Waals surface area contributed by atoms with Gasteiger partial charge in [-0.2, -0.15) is 0 Å². The van der Waals surface area contributed by atoms with Gasteiger partial charge in [0.1, 0.15) is 5.72 Å². The van der Waals surface area contributed by atoms with Gasteiger partial charge in [-0.05, 0) is 44.9 Å². The zero-order valence-corrected chi connectivity index (χ0v) is 13.9. The molecule has 2 N–H and O–H groups in total. The summed E-state index contributed by atoms with van der Waals surface area (Å²) in [7, 11) is 0. The van der Waals surface area contributed by atoms with Crippen LogP contribution in [-0.2, 0) is 4.74 Å². The van der Waals surface area contributed by atoms with Gasteiger partial charge in [0, 0.05) is 19.7 Å². The molecule has 0 spiro atoms. The molecule has 0 aromatic heterocycles. The van der Waals surface area contributed by atoms with Gasteiger partial charge in [-0.15, -0.1) is 0 Å². The summed E-state index contributed by atoms with van der Waals surface area (Å²) in [5.41, 5.74) is -0.286. The molecule has 0 radical (unpaired) electrons. The molecule has 2 rings (SSSR count). The molecule has 124 valence electrons. The number of aliphatic hydroxyl groups excluding tert-OH is 2. The van der Waals surface area contributed by atoms with Crippen LogP contribution in [0.1, 0.15) is 59.3 Å². The molecule has 0 aromatic rings. The van der Waals surface area contributed by atoms with Crippen molar-refractivity contribution in [3.63, 3.8) is 0 Å². The number of ether oxygens (including phenoxy) is 1. The minimum atomic E-state index is -0.484. The van der Waals surface area contributed by atoms with E-state index in [4.69, 9.17) is 9.84 Å². The molecule has 4 nitrogen and oxygen atoms in total. The van der Waals surface area contributed by atoms with Crippen molar-refractivity contribution in [2.75, 3.05) is 19.7 Å². The first kappa shape index (κ1) is 17.2. The van der Waals surface area contributed by atoms with Crippen molar-refractivity contribution in [1.29, 1.82) is 0 Å². The van der Waals surface area contributed by atoms with Crippen LogP contribution in [0.5, 0.6) is 0 Å². The van der Waals surface area contributed by atoms with Crippen molar-refractivity contribution in [1.82, 2.24) is 4.90 Å². The Bertz CT molecular complexity index is 315. The Labute approximate surface area is 129 Å². The number of hydrogen-bond acceptors (Lipinski definition) is 4. The Balaban J connectivity index is 1.88. The second-order valence-electron chi connectivity index (χ2n) is 7.60. The van der Waals surface area contributed by atoms with Crippen LogP contribution in [0.3, 0.4) is 0 Å². The second kappa shape index (κ2) is 7.40. The summed E-state index contributed by atoms with van der Waals surface area (Å²) in [5.74, 6) is 0.910. The van der Waals surface area contributed by atoms with E-state index in [1.807, 2.05) is 6.92 Å². The Hall–Kier alpha value is -0.160. The monoisotopic (exact) mass is 299 g/mol. The van der Waals surface area contributed by atoms with E-state index in [0.29, 0.717) is 6.42 Å². The Morgan fingerprint density at radius 2 is 1.90 bits per heavy atom. The van der Waals surface area contributed by atoms with E-state index in [1.54, 1.807) is 0 Å². The highest BCUT2D eigenvalue weighted by molar-refractivity contribution is 4.89. The van der Waals surface area contributed by atoms with Crippen LogP contribution < -0.4 is 0 Å². The molecule has 3 unspecified atom stereocenters. The molecule has 0 amide bonds. The molecule has 0 bridgehead atoms. The molecule has 2 aliphatic rings. The predicted molar refractivity (Wildman–Crippen MR) is 84.0 cm³/mol. The first-order valence-corrected chi connectivity index (χ1v) is 8.64. The molecule has 1 heterocycles. The third kappa shape index (κ3) is 4.65. The van der Waals surface area contributed by atoms with Crippen LogP contribution in [0.15, 0.2) is 0 Å². The Morgan fingerprint density at radius 3 is 2.52 bits per heavy atom. The van der Waals surface area contributed by atoms with Crippen LogP contribution in [-0.4, -0.2) is 52.7 Å². The first-order valence-electron chi connectivity index (χ1n) is 8.64. The van der Waals surface area contributed by atoms with Crippen LogP contribution in [0.25, 0.3) is 0 Å². The van der Waals surface area contributed by atoms with Gasteiger partial charge in [-0.3, -0.25) is 4.90 Å². The van der Waals surface area contributed by atoms with Crippen LogP contribution in [0.2, 0.25) is 0 Å². The molecule has 0 aromatic carbocycles. The predicted octanol–water partition coefficient (Wildman–Crippen LogP) is 2.38. The highest BCUT2D eigenvalue weighted by atomic mass is 16.6. The zero-order valence-electron chi connectivity index (χ0n) is 13.9. The van der Waals surface area contributed by atoms with E-state index in [2.05, 4.69) is 18.7 Å². The highest BCUT2D eigenvalue weighted by Crippen LogP contribution is 2.33. The van der Waals surface area contributed by atoms with Crippen molar-refractivity contribution in [2.45, 2.75) is 77.2 Å². The fourth-order valence-electron chi connectivity index (χ4n) is 3.73. The van der Waals surface area contributed by atoms with Gasteiger partial charge in [0.2, 0.25) is 0 Å². The molecule has 1 saturated carbocycles. The average Bonchev–Trinajstić information content (AvgIpc) is 2.75. The minimum absolute atomic E-state index is 0.124. The summed E-state index contributed by atoms with van der Waals surface area (Å²) in [5, 5.41) is 19.5. The smallest absolute Gasteiger partial charge is 0.116 e. The van der Waals surface area contributed by atoms with Gasteiger partial charge < -0.3 is 14.9 Å². The van der Waals surface area contributed by atoms with Gasteiger partial charge in [0.15, 0.2) is 0 Å². The zero-order chi connectivity index (χ0) is 15.5. The topological polar surface area (TPSA) is 52.9 Å². The van der Waals surface area contributed by atoms with E-state index in [0.717, 1.165) is 19.0 Å². The number of aliphatic hydroxyl groups is 2. The first-order chi connectivity index (χ1) is 9.92. The SMILES string of the molecule is CC(CO)CC(O)C1CN(CC2CCCCC2)C(C)(C)O1. The molecule has 21 heavy (non-hydrogen) atoms. The quantitative estimate of drug-likeness (QED) is 0.791. The van der Waals surface area contributed by atoms with Crippen molar-refractivity contribution in [3.8, 4) is 0 Å². The highest BCUT2D eigenvalue weighted by Gasteiger charge is 2.42.